The van der Waals surface area contributed by atoms with Crippen LogP contribution < -0.4 is 0 Å². The van der Waals surface area contributed by atoms with Gasteiger partial charge in [0.1, 0.15) is 0 Å². The molecule has 1 atom stereocenters. The van der Waals surface area contributed by atoms with Crippen LogP contribution in [0.25, 0.3) is 0 Å². The summed E-state index contributed by atoms with van der Waals surface area (Å²) in [6, 6.07) is 0. The van der Waals surface area contributed by atoms with Gasteiger partial charge in [-0.1, -0.05) is 36.1 Å². The summed E-state index contributed by atoms with van der Waals surface area (Å²) in [5.74, 6) is 0. The molecule has 0 rings (SSSR count). The normalized spacial score (nSPS) is 11.0. The van der Waals surface area contributed by atoms with Gasteiger partial charge in [-0.25, -0.2) is 0 Å². The molecule has 0 saturated heterocycles. The summed E-state index contributed by atoms with van der Waals surface area (Å²) < 4.78 is 0. The first kappa shape index (κ1) is 6.91. The Kier molecular flexibility index (Phi) is 6.81. The summed E-state index contributed by atoms with van der Waals surface area (Å²) in [6.45, 7) is 2.22. The maximum atomic E-state index is 3.38. The fraction of sp³-hybridized carbons (Fsp3) is 1.00. The molecular weight excluding hydrogens is 159 g/mol. The van der Waals surface area contributed by atoms with Gasteiger partial charge < -0.3 is 0 Å². The monoisotopic (exact) mass is 168 g/mol. The van der Waals surface area contributed by atoms with Crippen LogP contribution >= 0.6 is 22.8 Å². The van der Waals surface area contributed by atoms with Crippen molar-refractivity contribution in [3.63, 3.8) is 0 Å². The molecule has 0 aliphatic rings. The fourth-order valence-corrected chi connectivity index (χ4v) is 1.57. The summed E-state index contributed by atoms with van der Waals surface area (Å²) in [5.41, 5.74) is 0. The van der Waals surface area contributed by atoms with Gasteiger partial charge in [0.15, 0.2) is 0 Å². The second-order valence-corrected chi connectivity index (χ2v) is 3.69. The van der Waals surface area contributed by atoms with Crippen LogP contribution in [0.5, 0.6) is 0 Å². The maximum Gasteiger partial charge on any atom is -0.0255 e. The summed E-state index contributed by atoms with van der Waals surface area (Å²) in [7, 11) is 0.977. The molecule has 0 amide bonds. The summed E-state index contributed by atoms with van der Waals surface area (Å²) in [5, 5.41) is 0. The maximum absolute atomic E-state index is 3.38. The van der Waals surface area contributed by atoms with E-state index in [0.29, 0.717) is 0 Å². The van der Waals surface area contributed by atoms with Crippen molar-refractivity contribution in [2.24, 2.45) is 0 Å². The minimum absolute atomic E-state index is 0.977. The Morgan fingerprint density at radius 1 is 1.67 bits per heavy atom. The van der Waals surface area contributed by atoms with Gasteiger partial charge in [-0.05, 0) is 12.6 Å². The molecule has 0 bridgehead atoms. The lowest BCUT2D eigenvalue weighted by Crippen LogP contribution is -1.66. The number of halogens is 1. The number of hydrogen-bond acceptors (Lipinski definition) is 0. The highest BCUT2D eigenvalue weighted by atomic mass is 79.9. The van der Waals surface area contributed by atoms with Crippen molar-refractivity contribution in [2.45, 2.75) is 19.8 Å². The lowest BCUT2D eigenvalue weighted by atomic mass is 10.4. The largest absolute Gasteiger partial charge is 0.0654 e. The molecule has 6 heavy (non-hydrogen) atoms. The number of hydrogen-bond donors (Lipinski definition) is 0. The Balaban J connectivity index is 2.34. The third-order valence-corrected chi connectivity index (χ3v) is 2.36. The van der Waals surface area contributed by atoms with Crippen molar-refractivity contribution in [1.82, 2.24) is 0 Å². The first-order valence-corrected chi connectivity index (χ1v) is 5.71. The Bertz CT molecular complexity index is 19.5. The lowest BCUT2D eigenvalue weighted by Gasteiger charge is -1.85. The highest BCUT2D eigenvalue weighted by molar-refractivity contribution is 9.36. The third-order valence-electron chi connectivity index (χ3n) is 0.625. The van der Waals surface area contributed by atoms with Crippen LogP contribution in [0.2, 0.25) is 0 Å². The van der Waals surface area contributed by atoms with Crippen LogP contribution in [0.1, 0.15) is 19.8 Å². The van der Waals surface area contributed by atoms with E-state index in [0.717, 1.165) is 7.28 Å². The van der Waals surface area contributed by atoms with Crippen LogP contribution in [0, 0.1) is 0 Å². The molecule has 0 aromatic heterocycles. The van der Waals surface area contributed by atoms with Crippen molar-refractivity contribution < 1.29 is 0 Å². The topological polar surface area (TPSA) is 0 Å². The molecule has 0 radical (unpaired) electrons. The van der Waals surface area contributed by atoms with E-state index in [1.54, 1.807) is 0 Å². The van der Waals surface area contributed by atoms with E-state index in [4.69, 9.17) is 0 Å². The van der Waals surface area contributed by atoms with Crippen LogP contribution in [0.15, 0.2) is 0 Å². The average Bonchev–Trinajstić information content (AvgIpc) is 1.61. The molecule has 1 unspecified atom stereocenters. The van der Waals surface area contributed by atoms with E-state index in [9.17, 15) is 0 Å². The van der Waals surface area contributed by atoms with Gasteiger partial charge in [0, 0.05) is 0 Å². The van der Waals surface area contributed by atoms with Crippen molar-refractivity contribution in [3.8, 4) is 0 Å². The third kappa shape index (κ3) is 4.91. The minimum atomic E-state index is 0.977. The summed E-state index contributed by atoms with van der Waals surface area (Å²) in [4.78, 5) is 0. The van der Waals surface area contributed by atoms with E-state index in [-0.39, 0.29) is 0 Å². The standard InChI is InChI=1S/C4H10BrP/c1-2-3-4-6-5/h6H,2-4H2,1H3. The van der Waals surface area contributed by atoms with Crippen LogP contribution in [-0.2, 0) is 0 Å². The highest BCUT2D eigenvalue weighted by Gasteiger charge is 1.76. The summed E-state index contributed by atoms with van der Waals surface area (Å²) >= 11 is 3.38. The number of unbranched alkanes of at least 4 members (excludes halogenated alkanes) is 1. The highest BCUT2D eigenvalue weighted by Crippen LogP contribution is 2.20. The summed E-state index contributed by atoms with van der Waals surface area (Å²) in [6.07, 6.45) is 4.07. The first-order chi connectivity index (χ1) is 2.91. The van der Waals surface area contributed by atoms with Gasteiger partial charge in [-0.3, -0.25) is 0 Å². The van der Waals surface area contributed by atoms with E-state index in [2.05, 4.69) is 22.4 Å². The average molecular weight is 169 g/mol. The predicted molar refractivity (Wildman–Crippen MR) is 37.0 cm³/mol. The van der Waals surface area contributed by atoms with E-state index in [1.165, 1.54) is 19.0 Å². The van der Waals surface area contributed by atoms with Crippen molar-refractivity contribution in [3.05, 3.63) is 0 Å². The molecule has 0 spiro atoms. The molecule has 0 aliphatic carbocycles. The Morgan fingerprint density at radius 3 is 2.50 bits per heavy atom. The number of rotatable bonds is 3. The molecule has 0 saturated carbocycles. The first-order valence-electron chi connectivity index (χ1n) is 2.25. The van der Waals surface area contributed by atoms with Gasteiger partial charge in [-0.2, -0.15) is 0 Å². The zero-order valence-electron chi connectivity index (χ0n) is 4.00. The smallest absolute Gasteiger partial charge is 0.0255 e. The molecule has 0 nitrogen and oxygen atoms in total. The molecule has 0 aromatic rings. The van der Waals surface area contributed by atoms with E-state index < -0.39 is 0 Å². The van der Waals surface area contributed by atoms with Crippen molar-refractivity contribution >= 4 is 22.8 Å². The molecule has 2 heteroatoms. The van der Waals surface area contributed by atoms with Gasteiger partial charge in [0.05, 0.1) is 0 Å². The Labute approximate surface area is 49.2 Å². The van der Waals surface area contributed by atoms with E-state index >= 15 is 0 Å². The zero-order chi connectivity index (χ0) is 4.83. The Hall–Kier alpha value is 0.910. The second kappa shape index (κ2) is 5.91. The van der Waals surface area contributed by atoms with Crippen LogP contribution in [0.3, 0.4) is 0 Å². The fourth-order valence-electron chi connectivity index (χ4n) is 0.244. The predicted octanol–water partition coefficient (Wildman–Crippen LogP) is 2.77. The minimum Gasteiger partial charge on any atom is -0.0654 e. The lowest BCUT2D eigenvalue weighted by molar-refractivity contribution is 0.896. The molecular formula is C4H10BrP. The van der Waals surface area contributed by atoms with Gasteiger partial charge in [0.2, 0.25) is 0 Å². The quantitative estimate of drug-likeness (QED) is 0.450. The van der Waals surface area contributed by atoms with Crippen molar-refractivity contribution in [1.29, 1.82) is 0 Å². The SMILES string of the molecule is CCCCPBr. The molecule has 0 N–H and O–H groups in total. The molecule has 0 aliphatic heterocycles. The van der Waals surface area contributed by atoms with Gasteiger partial charge in [0.25, 0.3) is 0 Å². The van der Waals surface area contributed by atoms with Gasteiger partial charge in [-0.15, -0.1) is 0 Å². The van der Waals surface area contributed by atoms with E-state index in [1.807, 2.05) is 0 Å². The van der Waals surface area contributed by atoms with Crippen LogP contribution in [0.4, 0.5) is 0 Å². The molecule has 38 valence electrons. The molecule has 0 aromatic carbocycles. The van der Waals surface area contributed by atoms with Crippen LogP contribution in [-0.4, -0.2) is 6.16 Å². The molecule has 0 fully saturated rings. The second-order valence-electron chi connectivity index (χ2n) is 1.24. The zero-order valence-corrected chi connectivity index (χ0v) is 6.59. The molecule has 0 heterocycles. The Morgan fingerprint density at radius 2 is 2.33 bits per heavy atom. The van der Waals surface area contributed by atoms with Crippen molar-refractivity contribution in [2.75, 3.05) is 6.16 Å². The van der Waals surface area contributed by atoms with Gasteiger partial charge >= 0.3 is 0 Å².